The standard InChI is InChI=1S/C17H26N2O3/c1-4-5-6-7-8-12-22-14-11-9-10-13-15(14)16(18)19-17(13,20-2)21-3/h9-11H,4-8,12H2,1-3H3,(H2,18,19). The van der Waals surface area contributed by atoms with Gasteiger partial charge in [-0.2, -0.15) is 0 Å². The predicted molar refractivity (Wildman–Crippen MR) is 87.1 cm³/mol. The number of aliphatic imine (C=N–C) groups is 1. The van der Waals surface area contributed by atoms with Gasteiger partial charge >= 0.3 is 0 Å². The highest BCUT2D eigenvalue weighted by molar-refractivity contribution is 6.04. The monoisotopic (exact) mass is 306 g/mol. The minimum absolute atomic E-state index is 0.389. The van der Waals surface area contributed by atoms with Crippen molar-refractivity contribution in [3.8, 4) is 5.75 Å². The molecule has 5 heteroatoms. The average molecular weight is 306 g/mol. The fraction of sp³-hybridized carbons (Fsp3) is 0.588. The van der Waals surface area contributed by atoms with Crippen LogP contribution in [0.2, 0.25) is 0 Å². The van der Waals surface area contributed by atoms with Crippen LogP contribution >= 0.6 is 0 Å². The van der Waals surface area contributed by atoms with Gasteiger partial charge in [-0.1, -0.05) is 44.7 Å². The van der Waals surface area contributed by atoms with Crippen molar-refractivity contribution in [1.82, 2.24) is 0 Å². The van der Waals surface area contributed by atoms with E-state index in [2.05, 4.69) is 11.9 Å². The number of hydrogen-bond donors (Lipinski definition) is 1. The second-order valence-corrected chi connectivity index (χ2v) is 5.43. The van der Waals surface area contributed by atoms with Crippen molar-refractivity contribution >= 4 is 5.84 Å². The van der Waals surface area contributed by atoms with Crippen LogP contribution in [-0.2, 0) is 15.4 Å². The molecule has 0 bridgehead atoms. The van der Waals surface area contributed by atoms with Gasteiger partial charge in [0.2, 0.25) is 0 Å². The summed E-state index contributed by atoms with van der Waals surface area (Å²) in [7, 11) is 3.10. The lowest BCUT2D eigenvalue weighted by Gasteiger charge is -2.23. The lowest BCUT2D eigenvalue weighted by molar-refractivity contribution is -0.206. The maximum atomic E-state index is 6.05. The minimum atomic E-state index is -1.15. The molecule has 5 nitrogen and oxygen atoms in total. The van der Waals surface area contributed by atoms with Crippen LogP contribution in [0.25, 0.3) is 0 Å². The second-order valence-electron chi connectivity index (χ2n) is 5.43. The molecule has 0 atom stereocenters. The molecule has 22 heavy (non-hydrogen) atoms. The zero-order valence-corrected chi connectivity index (χ0v) is 13.7. The summed E-state index contributed by atoms with van der Waals surface area (Å²) >= 11 is 0. The minimum Gasteiger partial charge on any atom is -0.493 e. The van der Waals surface area contributed by atoms with Crippen molar-refractivity contribution in [2.24, 2.45) is 10.7 Å². The number of unbranched alkanes of at least 4 members (excludes halogenated alkanes) is 4. The van der Waals surface area contributed by atoms with Crippen LogP contribution in [0.3, 0.4) is 0 Å². The Morgan fingerprint density at radius 1 is 1.09 bits per heavy atom. The first kappa shape index (κ1) is 16.8. The van der Waals surface area contributed by atoms with Crippen molar-refractivity contribution in [2.45, 2.75) is 44.9 Å². The number of benzene rings is 1. The van der Waals surface area contributed by atoms with Gasteiger partial charge in [-0.05, 0) is 12.5 Å². The van der Waals surface area contributed by atoms with E-state index in [-0.39, 0.29) is 0 Å². The van der Waals surface area contributed by atoms with Crippen molar-refractivity contribution < 1.29 is 14.2 Å². The number of amidine groups is 1. The summed E-state index contributed by atoms with van der Waals surface area (Å²) in [6.07, 6.45) is 6.01. The molecule has 1 aliphatic rings. The first-order valence-corrected chi connectivity index (χ1v) is 7.90. The Morgan fingerprint density at radius 3 is 2.50 bits per heavy atom. The summed E-state index contributed by atoms with van der Waals surface area (Å²) in [5.41, 5.74) is 7.62. The molecule has 0 aromatic heterocycles. The maximum absolute atomic E-state index is 6.05. The molecule has 0 fully saturated rings. The third kappa shape index (κ3) is 3.25. The zero-order valence-electron chi connectivity index (χ0n) is 13.7. The molecular formula is C17H26N2O3. The topological polar surface area (TPSA) is 66.1 Å². The summed E-state index contributed by atoms with van der Waals surface area (Å²) in [5.74, 6) is -0.0228. The van der Waals surface area contributed by atoms with Crippen molar-refractivity contribution in [1.29, 1.82) is 0 Å². The van der Waals surface area contributed by atoms with Crippen molar-refractivity contribution in [3.63, 3.8) is 0 Å². The Hall–Kier alpha value is -1.59. The van der Waals surface area contributed by atoms with E-state index in [9.17, 15) is 0 Å². The molecule has 0 spiro atoms. The summed E-state index contributed by atoms with van der Waals surface area (Å²) in [5, 5.41) is 0. The van der Waals surface area contributed by atoms with E-state index in [0.29, 0.717) is 12.4 Å². The molecule has 0 aliphatic carbocycles. The molecule has 1 aliphatic heterocycles. The van der Waals surface area contributed by atoms with Gasteiger partial charge in [0, 0.05) is 14.2 Å². The molecule has 0 saturated carbocycles. The van der Waals surface area contributed by atoms with Gasteiger partial charge in [0.15, 0.2) is 0 Å². The Bertz CT molecular complexity index is 525. The molecule has 0 saturated heterocycles. The molecule has 122 valence electrons. The number of methoxy groups -OCH3 is 2. The predicted octanol–water partition coefficient (Wildman–Crippen LogP) is 3.16. The van der Waals surface area contributed by atoms with E-state index in [4.69, 9.17) is 19.9 Å². The van der Waals surface area contributed by atoms with Crippen molar-refractivity contribution in [3.05, 3.63) is 29.3 Å². The Morgan fingerprint density at radius 2 is 1.82 bits per heavy atom. The third-order valence-electron chi connectivity index (χ3n) is 3.95. The molecule has 0 unspecified atom stereocenters. The third-order valence-corrected chi connectivity index (χ3v) is 3.95. The van der Waals surface area contributed by atoms with Crippen LogP contribution in [0.4, 0.5) is 0 Å². The van der Waals surface area contributed by atoms with Crippen LogP contribution in [0, 0.1) is 0 Å². The zero-order chi connectivity index (χ0) is 16.0. The van der Waals surface area contributed by atoms with E-state index >= 15 is 0 Å². The van der Waals surface area contributed by atoms with Crippen molar-refractivity contribution in [2.75, 3.05) is 20.8 Å². The highest BCUT2D eigenvalue weighted by Crippen LogP contribution is 2.39. The second kappa shape index (κ2) is 7.61. The van der Waals surface area contributed by atoms with Crippen LogP contribution in [0.15, 0.2) is 23.2 Å². The fourth-order valence-electron chi connectivity index (χ4n) is 2.74. The number of ether oxygens (including phenoxy) is 3. The highest BCUT2D eigenvalue weighted by Gasteiger charge is 2.41. The van der Waals surface area contributed by atoms with Gasteiger partial charge in [-0.3, -0.25) is 0 Å². The Kier molecular flexibility index (Phi) is 5.80. The smallest absolute Gasteiger partial charge is 0.300 e. The largest absolute Gasteiger partial charge is 0.493 e. The Labute approximate surface area is 132 Å². The quantitative estimate of drug-likeness (QED) is 0.562. The van der Waals surface area contributed by atoms with Crippen LogP contribution in [-0.4, -0.2) is 26.7 Å². The highest BCUT2D eigenvalue weighted by atomic mass is 16.7. The molecule has 2 N–H and O–H groups in total. The lowest BCUT2D eigenvalue weighted by atomic mass is 10.1. The summed E-state index contributed by atoms with van der Waals surface area (Å²) < 4.78 is 16.8. The van der Waals surface area contributed by atoms with Crippen LogP contribution < -0.4 is 10.5 Å². The van der Waals surface area contributed by atoms with E-state index in [1.54, 1.807) is 14.2 Å². The molecule has 1 heterocycles. The van der Waals surface area contributed by atoms with Gasteiger partial charge in [0.05, 0.1) is 17.7 Å². The van der Waals surface area contributed by atoms with E-state index in [1.807, 2.05) is 18.2 Å². The number of hydrogen-bond acceptors (Lipinski definition) is 5. The summed E-state index contributed by atoms with van der Waals surface area (Å²) in [6, 6.07) is 5.72. The number of rotatable bonds is 9. The molecular weight excluding hydrogens is 280 g/mol. The van der Waals surface area contributed by atoms with E-state index < -0.39 is 5.91 Å². The normalized spacial score (nSPS) is 15.5. The van der Waals surface area contributed by atoms with Gasteiger partial charge in [0.1, 0.15) is 11.6 Å². The SMILES string of the molecule is CCCCCCCOc1cccc2c1C(N)=NC2(OC)OC. The number of fused-ring (bicyclic) bond motifs is 1. The Balaban J connectivity index is 2.07. The van der Waals surface area contributed by atoms with Gasteiger partial charge in [-0.15, -0.1) is 0 Å². The molecule has 1 aromatic rings. The van der Waals surface area contributed by atoms with E-state index in [0.717, 1.165) is 23.3 Å². The molecule has 2 rings (SSSR count). The maximum Gasteiger partial charge on any atom is 0.300 e. The summed E-state index contributed by atoms with van der Waals surface area (Å²) in [6.45, 7) is 2.89. The molecule has 0 amide bonds. The first-order chi connectivity index (χ1) is 10.7. The summed E-state index contributed by atoms with van der Waals surface area (Å²) in [4.78, 5) is 4.32. The van der Waals surface area contributed by atoms with Gasteiger partial charge in [0.25, 0.3) is 5.91 Å². The van der Waals surface area contributed by atoms with Crippen LogP contribution in [0.5, 0.6) is 5.75 Å². The number of nitrogens with zero attached hydrogens (tertiary/aromatic N) is 1. The first-order valence-electron chi connectivity index (χ1n) is 7.90. The van der Waals surface area contributed by atoms with Crippen LogP contribution in [0.1, 0.15) is 50.2 Å². The van der Waals surface area contributed by atoms with E-state index in [1.165, 1.54) is 25.7 Å². The molecule has 0 radical (unpaired) electrons. The molecule has 1 aromatic carbocycles. The fourth-order valence-corrected chi connectivity index (χ4v) is 2.74. The lowest BCUT2D eigenvalue weighted by Crippen LogP contribution is -2.26. The number of nitrogens with two attached hydrogens (primary N) is 1. The average Bonchev–Trinajstić information content (AvgIpc) is 2.84. The van der Waals surface area contributed by atoms with Gasteiger partial charge < -0.3 is 19.9 Å². The van der Waals surface area contributed by atoms with Gasteiger partial charge in [-0.25, -0.2) is 4.99 Å².